The van der Waals surface area contributed by atoms with E-state index >= 15 is 0 Å². The molecule has 0 saturated heterocycles. The Balaban J connectivity index is 3.36. The quantitative estimate of drug-likeness (QED) is 0.153. The van der Waals surface area contributed by atoms with Gasteiger partial charge in [-0.3, -0.25) is 0 Å². The summed E-state index contributed by atoms with van der Waals surface area (Å²) in [7, 11) is -1.89. The van der Waals surface area contributed by atoms with Gasteiger partial charge in [0.05, 0.1) is 0 Å². The molecule has 2 nitrogen and oxygen atoms in total. The van der Waals surface area contributed by atoms with Crippen molar-refractivity contribution >= 4 is 8.56 Å². The molecule has 0 aromatic rings. The fourth-order valence-corrected chi connectivity index (χ4v) is 4.15. The largest absolute Gasteiger partial charge is 0.395 e. The number of hydrogen-bond acceptors (Lipinski definition) is 2. The molecule has 0 aromatic heterocycles. The average molecular weight is 369 g/mol. The minimum Gasteiger partial charge on any atom is -0.395 e. The first-order chi connectivity index (χ1) is 12.1. The van der Waals surface area contributed by atoms with Gasteiger partial charge < -0.3 is 8.85 Å². The summed E-state index contributed by atoms with van der Waals surface area (Å²) in [6, 6.07) is 0. The molecule has 0 saturated carbocycles. The minimum absolute atomic E-state index is 0.873. The fraction of sp³-hybridized carbons (Fsp3) is 0.909. The predicted molar refractivity (Wildman–Crippen MR) is 113 cm³/mol. The summed E-state index contributed by atoms with van der Waals surface area (Å²) in [6.45, 7) is 10.5. The van der Waals surface area contributed by atoms with Crippen LogP contribution in [0.15, 0.2) is 0 Å². The highest BCUT2D eigenvalue weighted by atomic mass is 28.4. The summed E-state index contributed by atoms with van der Waals surface area (Å²) >= 11 is 0. The third kappa shape index (κ3) is 19.9. The second kappa shape index (κ2) is 18.5. The Morgan fingerprint density at radius 3 is 1.60 bits per heavy atom. The Hall–Kier alpha value is -0.303. The molecule has 0 radical (unpaired) electrons. The van der Waals surface area contributed by atoms with E-state index < -0.39 is 8.56 Å². The monoisotopic (exact) mass is 368 g/mol. The first-order valence-electron chi connectivity index (χ1n) is 10.9. The summed E-state index contributed by atoms with van der Waals surface area (Å²) < 4.78 is 12.1. The number of unbranched alkanes of at least 4 members (excludes halogenated alkanes) is 11. The molecule has 0 amide bonds. The Morgan fingerprint density at radius 1 is 0.600 bits per heavy atom. The molecule has 0 atom stereocenters. The smallest absolute Gasteiger partial charge is 0.331 e. The van der Waals surface area contributed by atoms with E-state index in [1.807, 2.05) is 0 Å². The SMILES string of the molecule is CCC#CCCCCCCCCO[Si](C)(C)OCCCCCCCC. The van der Waals surface area contributed by atoms with Crippen LogP contribution in [0.2, 0.25) is 13.1 Å². The van der Waals surface area contributed by atoms with Gasteiger partial charge in [0.2, 0.25) is 0 Å². The van der Waals surface area contributed by atoms with Crippen LogP contribution in [0.25, 0.3) is 0 Å². The predicted octanol–water partition coefficient (Wildman–Crippen LogP) is 7.23. The van der Waals surface area contributed by atoms with Crippen molar-refractivity contribution < 1.29 is 8.85 Å². The maximum absolute atomic E-state index is 6.04. The van der Waals surface area contributed by atoms with Crippen molar-refractivity contribution in [3.63, 3.8) is 0 Å². The van der Waals surface area contributed by atoms with Gasteiger partial charge in [-0.1, -0.05) is 71.6 Å². The van der Waals surface area contributed by atoms with Crippen molar-refractivity contribution in [1.82, 2.24) is 0 Å². The van der Waals surface area contributed by atoms with Crippen LogP contribution in [0.3, 0.4) is 0 Å². The van der Waals surface area contributed by atoms with Gasteiger partial charge >= 0.3 is 8.56 Å². The molecule has 0 unspecified atom stereocenters. The van der Waals surface area contributed by atoms with Crippen molar-refractivity contribution in [2.45, 2.75) is 117 Å². The summed E-state index contributed by atoms with van der Waals surface area (Å²) in [6.07, 6.45) is 17.7. The zero-order valence-electron chi connectivity index (χ0n) is 17.6. The van der Waals surface area contributed by atoms with Crippen molar-refractivity contribution in [1.29, 1.82) is 0 Å². The molecule has 0 aliphatic heterocycles. The van der Waals surface area contributed by atoms with Crippen LogP contribution in [-0.4, -0.2) is 21.8 Å². The van der Waals surface area contributed by atoms with Crippen LogP contribution in [0.4, 0.5) is 0 Å². The van der Waals surface area contributed by atoms with Crippen molar-refractivity contribution in [2.24, 2.45) is 0 Å². The highest BCUT2D eigenvalue weighted by molar-refractivity contribution is 6.64. The molecule has 0 aliphatic rings. The highest BCUT2D eigenvalue weighted by Crippen LogP contribution is 2.12. The van der Waals surface area contributed by atoms with E-state index in [4.69, 9.17) is 8.85 Å². The summed E-state index contributed by atoms with van der Waals surface area (Å²) in [5, 5.41) is 0. The van der Waals surface area contributed by atoms with Gasteiger partial charge in [-0.15, -0.1) is 11.8 Å². The van der Waals surface area contributed by atoms with Crippen molar-refractivity contribution in [3.05, 3.63) is 0 Å². The Morgan fingerprint density at radius 2 is 1.08 bits per heavy atom. The van der Waals surface area contributed by atoms with Crippen LogP contribution >= 0.6 is 0 Å². The van der Waals surface area contributed by atoms with E-state index in [0.717, 1.165) is 26.1 Å². The third-order valence-electron chi connectivity index (χ3n) is 4.40. The number of hydrogen-bond donors (Lipinski definition) is 0. The summed E-state index contributed by atoms with van der Waals surface area (Å²) in [4.78, 5) is 0. The van der Waals surface area contributed by atoms with Crippen LogP contribution in [0.5, 0.6) is 0 Å². The minimum atomic E-state index is -1.89. The number of rotatable bonds is 17. The average Bonchev–Trinajstić information content (AvgIpc) is 2.59. The van der Waals surface area contributed by atoms with Crippen LogP contribution in [0, 0.1) is 11.8 Å². The Bertz CT molecular complexity index is 331. The third-order valence-corrected chi connectivity index (χ3v) is 6.19. The molecule has 0 heterocycles. The lowest BCUT2D eigenvalue weighted by Crippen LogP contribution is -2.35. The van der Waals surface area contributed by atoms with Crippen LogP contribution < -0.4 is 0 Å². The second-order valence-corrected chi connectivity index (χ2v) is 10.8. The summed E-state index contributed by atoms with van der Waals surface area (Å²) in [5.74, 6) is 6.35. The molecule has 0 fully saturated rings. The van der Waals surface area contributed by atoms with Crippen LogP contribution in [0.1, 0.15) is 104 Å². The molecule has 25 heavy (non-hydrogen) atoms. The molecule has 0 aliphatic carbocycles. The van der Waals surface area contributed by atoms with E-state index in [0.29, 0.717) is 0 Å². The molecule has 0 spiro atoms. The zero-order valence-corrected chi connectivity index (χ0v) is 18.6. The normalized spacial score (nSPS) is 11.4. The van der Waals surface area contributed by atoms with Gasteiger partial charge in [-0.25, -0.2) is 0 Å². The topological polar surface area (TPSA) is 18.5 Å². The van der Waals surface area contributed by atoms with E-state index in [9.17, 15) is 0 Å². The Labute approximate surface area is 159 Å². The van der Waals surface area contributed by atoms with E-state index in [2.05, 4.69) is 38.8 Å². The van der Waals surface area contributed by atoms with Gasteiger partial charge in [0.25, 0.3) is 0 Å². The van der Waals surface area contributed by atoms with Crippen molar-refractivity contribution in [3.8, 4) is 11.8 Å². The maximum atomic E-state index is 6.04. The van der Waals surface area contributed by atoms with Gasteiger partial charge in [0.1, 0.15) is 0 Å². The Kier molecular flexibility index (Phi) is 18.3. The molecule has 0 N–H and O–H groups in total. The van der Waals surface area contributed by atoms with E-state index in [1.54, 1.807) is 0 Å². The second-order valence-electron chi connectivity index (χ2n) is 7.44. The molecule has 148 valence electrons. The lowest BCUT2D eigenvalue weighted by molar-refractivity contribution is 0.172. The van der Waals surface area contributed by atoms with Gasteiger partial charge in [-0.2, -0.15) is 0 Å². The molecule has 0 bridgehead atoms. The molecular weight excluding hydrogens is 324 g/mol. The zero-order chi connectivity index (χ0) is 18.6. The molecule has 3 heteroatoms. The highest BCUT2D eigenvalue weighted by Gasteiger charge is 2.23. The first kappa shape index (κ1) is 24.7. The fourth-order valence-electron chi connectivity index (χ4n) is 2.80. The maximum Gasteiger partial charge on any atom is 0.331 e. The van der Waals surface area contributed by atoms with Crippen LogP contribution in [-0.2, 0) is 8.85 Å². The van der Waals surface area contributed by atoms with E-state index in [1.165, 1.54) is 77.0 Å². The lowest BCUT2D eigenvalue weighted by atomic mass is 10.1. The standard InChI is InChI=1S/C22H44O2Si/c1-5-7-9-11-13-14-15-16-18-20-22-24-25(3,4)23-21-19-17-12-10-8-6-2/h5-6,8,10-22H2,1-4H3. The summed E-state index contributed by atoms with van der Waals surface area (Å²) in [5.41, 5.74) is 0. The first-order valence-corrected chi connectivity index (χ1v) is 13.7. The lowest BCUT2D eigenvalue weighted by Gasteiger charge is -2.23. The molecule has 0 rings (SSSR count). The van der Waals surface area contributed by atoms with E-state index in [-0.39, 0.29) is 0 Å². The molecular formula is C22H44O2Si. The van der Waals surface area contributed by atoms with Gasteiger partial charge in [-0.05, 0) is 32.4 Å². The van der Waals surface area contributed by atoms with Gasteiger partial charge in [0, 0.05) is 26.1 Å². The van der Waals surface area contributed by atoms with Crippen molar-refractivity contribution in [2.75, 3.05) is 13.2 Å². The van der Waals surface area contributed by atoms with Gasteiger partial charge in [0.15, 0.2) is 0 Å². The molecule has 0 aromatic carbocycles.